The second kappa shape index (κ2) is 6.80. The Balaban J connectivity index is 1.53. The summed E-state index contributed by atoms with van der Waals surface area (Å²) in [5.74, 6) is 1.16. The molecule has 0 aromatic carbocycles. The highest BCUT2D eigenvalue weighted by molar-refractivity contribution is 5.93. The van der Waals surface area contributed by atoms with Crippen LogP contribution in [0.2, 0.25) is 0 Å². The summed E-state index contributed by atoms with van der Waals surface area (Å²) in [6.45, 7) is 4.93. The van der Waals surface area contributed by atoms with Crippen molar-refractivity contribution in [3.8, 4) is 0 Å². The largest absolute Gasteiger partial charge is 0.448 e. The van der Waals surface area contributed by atoms with Crippen molar-refractivity contribution in [2.45, 2.75) is 19.8 Å². The zero-order valence-corrected chi connectivity index (χ0v) is 13.2. The van der Waals surface area contributed by atoms with Gasteiger partial charge in [-0.05, 0) is 18.8 Å². The lowest BCUT2D eigenvalue weighted by Crippen LogP contribution is -2.34. The van der Waals surface area contributed by atoms with Gasteiger partial charge in [-0.3, -0.25) is 9.69 Å². The van der Waals surface area contributed by atoms with Crippen LogP contribution in [0.25, 0.3) is 0 Å². The van der Waals surface area contributed by atoms with Gasteiger partial charge in [0.1, 0.15) is 13.2 Å². The molecule has 8 nitrogen and oxygen atoms in total. The first-order chi connectivity index (χ1) is 11.1. The van der Waals surface area contributed by atoms with Crippen molar-refractivity contribution in [2.75, 3.05) is 43.0 Å². The van der Waals surface area contributed by atoms with Gasteiger partial charge in [-0.2, -0.15) is 0 Å². The summed E-state index contributed by atoms with van der Waals surface area (Å²) >= 11 is 0. The summed E-state index contributed by atoms with van der Waals surface area (Å²) < 4.78 is 4.78. The van der Waals surface area contributed by atoms with Gasteiger partial charge in [0.05, 0.1) is 24.6 Å². The first-order valence-electron chi connectivity index (χ1n) is 7.90. The van der Waals surface area contributed by atoms with Crippen LogP contribution < -0.4 is 10.2 Å². The van der Waals surface area contributed by atoms with Gasteiger partial charge in [-0.15, -0.1) is 0 Å². The van der Waals surface area contributed by atoms with Crippen LogP contribution >= 0.6 is 0 Å². The highest BCUT2D eigenvalue weighted by Gasteiger charge is 2.24. The smallest absolute Gasteiger partial charge is 0.410 e. The molecule has 124 valence electrons. The second-order valence-electron chi connectivity index (χ2n) is 6.03. The minimum Gasteiger partial charge on any atom is -0.448 e. The van der Waals surface area contributed by atoms with Crippen LogP contribution in [0, 0.1) is 5.92 Å². The summed E-state index contributed by atoms with van der Waals surface area (Å²) in [5, 5.41) is 2.69. The molecule has 3 heterocycles. The average molecular weight is 319 g/mol. The Morgan fingerprint density at radius 2 is 2.00 bits per heavy atom. The number of aromatic nitrogens is 2. The number of hydrogen-bond acceptors (Lipinski definition) is 6. The number of nitrogens with one attached hydrogen (secondary N) is 1. The fourth-order valence-corrected chi connectivity index (χ4v) is 2.70. The third-order valence-corrected chi connectivity index (χ3v) is 4.17. The second-order valence-corrected chi connectivity index (χ2v) is 6.03. The fraction of sp³-hybridized carbons (Fsp3) is 0.600. The van der Waals surface area contributed by atoms with Crippen LogP contribution in [0.15, 0.2) is 12.4 Å². The van der Waals surface area contributed by atoms with Crippen molar-refractivity contribution in [3.63, 3.8) is 0 Å². The number of carbonyl (C=O) groups is 2. The molecule has 0 spiro atoms. The molecule has 2 fully saturated rings. The van der Waals surface area contributed by atoms with E-state index in [1.807, 2.05) is 0 Å². The summed E-state index contributed by atoms with van der Waals surface area (Å²) in [7, 11) is 0. The van der Waals surface area contributed by atoms with Gasteiger partial charge >= 0.3 is 6.09 Å². The Bertz CT molecular complexity index is 569. The molecule has 0 aliphatic carbocycles. The van der Waals surface area contributed by atoms with Gasteiger partial charge in [0.15, 0.2) is 0 Å². The summed E-state index contributed by atoms with van der Waals surface area (Å²) in [4.78, 5) is 35.4. The third-order valence-electron chi connectivity index (χ3n) is 4.17. The van der Waals surface area contributed by atoms with E-state index in [9.17, 15) is 9.59 Å². The molecule has 3 rings (SSSR count). The molecule has 1 aromatic rings. The minimum atomic E-state index is -0.453. The standard InChI is InChI=1S/C15H21N5O3/c1-11-2-4-19(5-3-11)14-16-8-12(9-17-14)18-13(21)10-20-6-7-23-15(20)22/h8-9,11H,2-7,10H2,1H3,(H,18,21). The topological polar surface area (TPSA) is 87.7 Å². The molecule has 1 N–H and O–H groups in total. The molecule has 2 amide bonds. The van der Waals surface area contributed by atoms with Crippen molar-refractivity contribution in [3.05, 3.63) is 12.4 Å². The molecule has 0 bridgehead atoms. The third kappa shape index (κ3) is 3.88. The van der Waals surface area contributed by atoms with Crippen LogP contribution in [-0.4, -0.2) is 59.7 Å². The number of hydrogen-bond donors (Lipinski definition) is 1. The predicted octanol–water partition coefficient (Wildman–Crippen LogP) is 1.10. The minimum absolute atomic E-state index is 0.0232. The normalized spacial score (nSPS) is 18.9. The average Bonchev–Trinajstić information content (AvgIpc) is 2.94. The number of rotatable bonds is 4. The molecule has 0 radical (unpaired) electrons. The molecule has 0 atom stereocenters. The van der Waals surface area contributed by atoms with Crippen molar-refractivity contribution >= 4 is 23.6 Å². The van der Waals surface area contributed by atoms with Gasteiger partial charge in [-0.25, -0.2) is 14.8 Å². The Hall–Kier alpha value is -2.38. The van der Waals surface area contributed by atoms with Crippen LogP contribution in [0.5, 0.6) is 0 Å². The van der Waals surface area contributed by atoms with Gasteiger partial charge in [0.2, 0.25) is 11.9 Å². The molecule has 2 saturated heterocycles. The number of carbonyl (C=O) groups excluding carboxylic acids is 2. The van der Waals surface area contributed by atoms with Gasteiger partial charge in [0, 0.05) is 13.1 Å². The van der Waals surface area contributed by atoms with Crippen LogP contribution in [-0.2, 0) is 9.53 Å². The maximum atomic E-state index is 11.9. The van der Waals surface area contributed by atoms with E-state index < -0.39 is 6.09 Å². The number of piperidine rings is 1. The Morgan fingerprint density at radius 3 is 2.61 bits per heavy atom. The lowest BCUT2D eigenvalue weighted by atomic mass is 10.00. The number of cyclic esters (lactones) is 1. The summed E-state index contributed by atoms with van der Waals surface area (Å²) in [5.41, 5.74) is 0.525. The van der Waals surface area contributed by atoms with Gasteiger partial charge in [0.25, 0.3) is 0 Å². The van der Waals surface area contributed by atoms with E-state index in [1.54, 1.807) is 12.4 Å². The predicted molar refractivity (Wildman–Crippen MR) is 84.2 cm³/mol. The molecular formula is C15H21N5O3. The highest BCUT2D eigenvalue weighted by atomic mass is 16.6. The SMILES string of the molecule is CC1CCN(c2ncc(NC(=O)CN3CCOC3=O)cn2)CC1. The molecule has 0 unspecified atom stereocenters. The molecular weight excluding hydrogens is 298 g/mol. The summed E-state index contributed by atoms with van der Waals surface area (Å²) in [6.07, 6.45) is 5.04. The lowest BCUT2D eigenvalue weighted by molar-refractivity contribution is -0.116. The maximum absolute atomic E-state index is 11.9. The quantitative estimate of drug-likeness (QED) is 0.894. The zero-order chi connectivity index (χ0) is 16.2. The molecule has 2 aliphatic rings. The molecule has 0 saturated carbocycles. The van der Waals surface area contributed by atoms with E-state index in [-0.39, 0.29) is 12.5 Å². The van der Waals surface area contributed by atoms with E-state index in [0.717, 1.165) is 31.8 Å². The zero-order valence-electron chi connectivity index (χ0n) is 13.2. The summed E-state index contributed by atoms with van der Waals surface area (Å²) in [6, 6.07) is 0. The Morgan fingerprint density at radius 1 is 1.30 bits per heavy atom. The molecule has 1 aromatic heterocycles. The number of anilines is 2. The van der Waals surface area contributed by atoms with E-state index in [2.05, 4.69) is 27.1 Å². The van der Waals surface area contributed by atoms with Crippen molar-refractivity contribution in [1.82, 2.24) is 14.9 Å². The van der Waals surface area contributed by atoms with Gasteiger partial charge in [-0.1, -0.05) is 6.92 Å². The van der Waals surface area contributed by atoms with E-state index >= 15 is 0 Å². The number of nitrogens with zero attached hydrogens (tertiary/aromatic N) is 4. The fourth-order valence-electron chi connectivity index (χ4n) is 2.70. The van der Waals surface area contributed by atoms with E-state index in [4.69, 9.17) is 4.74 Å². The molecule has 8 heteroatoms. The number of amides is 2. The van der Waals surface area contributed by atoms with Crippen LogP contribution in [0.4, 0.5) is 16.4 Å². The first-order valence-corrected chi connectivity index (χ1v) is 7.90. The van der Waals surface area contributed by atoms with E-state index in [1.165, 1.54) is 4.90 Å². The highest BCUT2D eigenvalue weighted by Crippen LogP contribution is 2.20. The van der Waals surface area contributed by atoms with E-state index in [0.29, 0.717) is 24.8 Å². The first kappa shape index (κ1) is 15.5. The molecule has 23 heavy (non-hydrogen) atoms. The monoisotopic (exact) mass is 319 g/mol. The van der Waals surface area contributed by atoms with Crippen LogP contribution in [0.1, 0.15) is 19.8 Å². The van der Waals surface area contributed by atoms with Crippen LogP contribution in [0.3, 0.4) is 0 Å². The Kier molecular flexibility index (Phi) is 4.59. The van der Waals surface area contributed by atoms with Crippen molar-refractivity contribution in [2.24, 2.45) is 5.92 Å². The van der Waals surface area contributed by atoms with Crippen molar-refractivity contribution < 1.29 is 14.3 Å². The number of ether oxygens (including phenoxy) is 1. The van der Waals surface area contributed by atoms with Crippen molar-refractivity contribution in [1.29, 1.82) is 0 Å². The maximum Gasteiger partial charge on any atom is 0.410 e. The van der Waals surface area contributed by atoms with Gasteiger partial charge < -0.3 is 15.0 Å². The Labute approximate surface area is 134 Å². The lowest BCUT2D eigenvalue weighted by Gasteiger charge is -2.30. The molecule has 2 aliphatic heterocycles.